The van der Waals surface area contributed by atoms with Crippen LogP contribution in [0.1, 0.15) is 37.7 Å². The lowest BCUT2D eigenvalue weighted by Gasteiger charge is -2.15. The van der Waals surface area contributed by atoms with Gasteiger partial charge in [-0.25, -0.2) is 0 Å². The molecule has 6 N–H and O–H groups in total. The lowest BCUT2D eigenvalue weighted by atomic mass is 10.0. The van der Waals surface area contributed by atoms with Crippen molar-refractivity contribution < 1.29 is 14.5 Å². The number of nitro benzene ring substituents is 1. The van der Waals surface area contributed by atoms with Crippen LogP contribution >= 0.6 is 0 Å². The van der Waals surface area contributed by atoms with E-state index in [2.05, 4.69) is 0 Å². The van der Waals surface area contributed by atoms with Gasteiger partial charge < -0.3 is 21.9 Å². The monoisotopic (exact) mass is 338 g/mol. The van der Waals surface area contributed by atoms with E-state index in [1.807, 2.05) is 0 Å². The van der Waals surface area contributed by atoms with E-state index >= 15 is 0 Å². The summed E-state index contributed by atoms with van der Waals surface area (Å²) in [6, 6.07) is 5.11. The number of nitrogens with two attached hydrogens (primary N) is 3. The van der Waals surface area contributed by atoms with Gasteiger partial charge in [0.1, 0.15) is 12.6 Å². The molecule has 1 aromatic carbocycles. The Morgan fingerprint density at radius 3 is 2.38 bits per heavy atom. The minimum Gasteiger partial charge on any atom is -0.460 e. The highest BCUT2D eigenvalue weighted by Gasteiger charge is 2.16. The highest BCUT2D eigenvalue weighted by molar-refractivity contribution is 5.75. The Morgan fingerprint density at radius 2 is 1.79 bits per heavy atom. The van der Waals surface area contributed by atoms with E-state index < -0.39 is 16.9 Å². The quantitative estimate of drug-likeness (QED) is 0.237. The number of non-ortho nitro benzene ring substituents is 1. The van der Waals surface area contributed by atoms with Crippen molar-refractivity contribution in [2.45, 2.75) is 50.8 Å². The second kappa shape index (κ2) is 10.7. The van der Waals surface area contributed by atoms with E-state index in [1.165, 1.54) is 12.1 Å². The van der Waals surface area contributed by atoms with E-state index in [0.717, 1.165) is 19.3 Å². The zero-order valence-electron chi connectivity index (χ0n) is 13.7. The van der Waals surface area contributed by atoms with Crippen LogP contribution in [0.15, 0.2) is 24.3 Å². The largest absolute Gasteiger partial charge is 0.460 e. The molecule has 0 aliphatic heterocycles. The summed E-state index contributed by atoms with van der Waals surface area (Å²) in [5.74, 6) is -0.498. The van der Waals surface area contributed by atoms with E-state index in [-0.39, 0.29) is 18.3 Å². The lowest BCUT2D eigenvalue weighted by Crippen LogP contribution is -2.34. The minimum absolute atomic E-state index is 0.00470. The first kappa shape index (κ1) is 20.0. The molecule has 0 saturated heterocycles. The Bertz CT molecular complexity index is 521. The molecule has 2 unspecified atom stereocenters. The van der Waals surface area contributed by atoms with Crippen molar-refractivity contribution in [3.05, 3.63) is 39.9 Å². The molecular formula is C16H26N4O4. The number of nitro groups is 1. The third-order valence-corrected chi connectivity index (χ3v) is 3.71. The number of carbonyl (C=O) groups is 1. The molecule has 134 valence electrons. The summed E-state index contributed by atoms with van der Waals surface area (Å²) in [4.78, 5) is 21.9. The van der Waals surface area contributed by atoms with Gasteiger partial charge in [0.05, 0.1) is 4.92 Å². The average molecular weight is 338 g/mol. The predicted octanol–water partition coefficient (Wildman–Crippen LogP) is 1.20. The first-order valence-electron chi connectivity index (χ1n) is 8.05. The molecule has 0 aromatic heterocycles. The van der Waals surface area contributed by atoms with E-state index in [1.54, 1.807) is 12.1 Å². The molecule has 2 atom stereocenters. The SMILES string of the molecule is NCCCCC(N)CCC(N)C(=O)OCc1ccc([N+](=O)[O-])cc1. The Morgan fingerprint density at radius 1 is 1.12 bits per heavy atom. The Labute approximate surface area is 141 Å². The van der Waals surface area contributed by atoms with Gasteiger partial charge in [0, 0.05) is 18.2 Å². The van der Waals surface area contributed by atoms with Crippen molar-refractivity contribution >= 4 is 11.7 Å². The van der Waals surface area contributed by atoms with Crippen LogP contribution in [0.5, 0.6) is 0 Å². The minimum atomic E-state index is -0.719. The van der Waals surface area contributed by atoms with Gasteiger partial charge in [-0.15, -0.1) is 0 Å². The maximum atomic E-state index is 11.9. The number of nitrogens with zero attached hydrogens (tertiary/aromatic N) is 1. The summed E-state index contributed by atoms with van der Waals surface area (Å²) >= 11 is 0. The first-order valence-corrected chi connectivity index (χ1v) is 8.05. The third kappa shape index (κ3) is 7.49. The molecule has 0 heterocycles. The molecule has 24 heavy (non-hydrogen) atoms. The normalized spacial score (nSPS) is 13.3. The van der Waals surface area contributed by atoms with Crippen molar-refractivity contribution in [2.75, 3.05) is 6.54 Å². The summed E-state index contributed by atoms with van der Waals surface area (Å²) in [7, 11) is 0. The van der Waals surface area contributed by atoms with Gasteiger partial charge in [-0.1, -0.05) is 6.42 Å². The molecule has 0 spiro atoms. The number of benzene rings is 1. The topological polar surface area (TPSA) is 148 Å². The molecule has 8 nitrogen and oxygen atoms in total. The van der Waals surface area contributed by atoms with Crippen LogP contribution in [-0.2, 0) is 16.1 Å². The summed E-state index contributed by atoms with van der Waals surface area (Å²) in [6.45, 7) is 0.689. The fourth-order valence-electron chi connectivity index (χ4n) is 2.18. The van der Waals surface area contributed by atoms with Crippen molar-refractivity contribution in [3.63, 3.8) is 0 Å². The molecule has 1 rings (SSSR count). The van der Waals surface area contributed by atoms with Gasteiger partial charge >= 0.3 is 5.97 Å². The van der Waals surface area contributed by atoms with E-state index in [0.29, 0.717) is 24.9 Å². The smallest absolute Gasteiger partial charge is 0.323 e. The van der Waals surface area contributed by atoms with Gasteiger partial charge in [0.15, 0.2) is 0 Å². The van der Waals surface area contributed by atoms with Crippen molar-refractivity contribution in [1.82, 2.24) is 0 Å². The van der Waals surface area contributed by atoms with Crippen molar-refractivity contribution in [2.24, 2.45) is 17.2 Å². The molecule has 0 amide bonds. The van der Waals surface area contributed by atoms with Gasteiger partial charge in [0.2, 0.25) is 0 Å². The third-order valence-electron chi connectivity index (χ3n) is 3.71. The molecule has 1 aromatic rings. The standard InChI is InChI=1S/C16H26N4O4/c17-10-2-1-3-13(18)6-9-15(19)16(21)24-11-12-4-7-14(8-5-12)20(22)23/h4-5,7-8,13,15H,1-3,6,9-11,17-19H2. The lowest BCUT2D eigenvalue weighted by molar-refractivity contribution is -0.384. The van der Waals surface area contributed by atoms with Crippen LogP contribution in [0, 0.1) is 10.1 Å². The maximum Gasteiger partial charge on any atom is 0.323 e. The van der Waals surface area contributed by atoms with E-state index in [9.17, 15) is 14.9 Å². The molecule has 0 aliphatic rings. The second-order valence-corrected chi connectivity index (χ2v) is 5.76. The molecule has 0 radical (unpaired) electrons. The number of rotatable bonds is 11. The van der Waals surface area contributed by atoms with Crippen LogP contribution in [0.4, 0.5) is 5.69 Å². The average Bonchev–Trinajstić information content (AvgIpc) is 2.58. The zero-order chi connectivity index (χ0) is 17.9. The fourth-order valence-corrected chi connectivity index (χ4v) is 2.18. The summed E-state index contributed by atoms with van der Waals surface area (Å²) in [5.41, 5.74) is 17.9. The van der Waals surface area contributed by atoms with Gasteiger partial charge in [-0.2, -0.15) is 0 Å². The molecular weight excluding hydrogens is 312 g/mol. The van der Waals surface area contributed by atoms with Gasteiger partial charge in [-0.05, 0) is 49.9 Å². The maximum absolute atomic E-state index is 11.9. The number of esters is 1. The number of unbranched alkanes of at least 4 members (excludes halogenated alkanes) is 1. The second-order valence-electron chi connectivity index (χ2n) is 5.76. The van der Waals surface area contributed by atoms with Gasteiger partial charge in [-0.3, -0.25) is 14.9 Å². The van der Waals surface area contributed by atoms with Crippen LogP contribution in [0.25, 0.3) is 0 Å². The number of hydrogen-bond acceptors (Lipinski definition) is 7. The summed E-state index contributed by atoms with van der Waals surface area (Å²) < 4.78 is 5.13. The number of carbonyl (C=O) groups excluding carboxylic acids is 1. The molecule has 8 heteroatoms. The first-order chi connectivity index (χ1) is 11.4. The van der Waals surface area contributed by atoms with Crippen LogP contribution in [0.3, 0.4) is 0 Å². The fraction of sp³-hybridized carbons (Fsp3) is 0.562. The number of ether oxygens (including phenoxy) is 1. The van der Waals surface area contributed by atoms with Crippen LogP contribution in [0.2, 0.25) is 0 Å². The highest BCUT2D eigenvalue weighted by atomic mass is 16.6. The zero-order valence-corrected chi connectivity index (χ0v) is 13.7. The van der Waals surface area contributed by atoms with Crippen LogP contribution < -0.4 is 17.2 Å². The summed E-state index contributed by atoms with van der Waals surface area (Å²) in [5, 5.41) is 10.6. The van der Waals surface area contributed by atoms with Crippen molar-refractivity contribution in [1.29, 1.82) is 0 Å². The van der Waals surface area contributed by atoms with Crippen molar-refractivity contribution in [3.8, 4) is 0 Å². The summed E-state index contributed by atoms with van der Waals surface area (Å²) in [6.07, 6.45) is 3.89. The van der Waals surface area contributed by atoms with Gasteiger partial charge in [0.25, 0.3) is 5.69 Å². The molecule has 0 fully saturated rings. The van der Waals surface area contributed by atoms with E-state index in [4.69, 9.17) is 21.9 Å². The Kier molecular flexibility index (Phi) is 8.92. The Balaban J connectivity index is 2.29. The highest BCUT2D eigenvalue weighted by Crippen LogP contribution is 2.13. The van der Waals surface area contributed by atoms with Crippen LogP contribution in [-0.4, -0.2) is 29.5 Å². The predicted molar refractivity (Wildman–Crippen MR) is 91.0 cm³/mol. The Hall–Kier alpha value is -2.03. The molecule has 0 aliphatic carbocycles. The molecule has 0 saturated carbocycles. The molecule has 0 bridgehead atoms. The number of hydrogen-bond donors (Lipinski definition) is 3.